The lowest BCUT2D eigenvalue weighted by atomic mass is 9.99. The molecule has 0 fully saturated rings. The van der Waals surface area contributed by atoms with E-state index in [0.717, 1.165) is 11.1 Å². The average molecular weight is 310 g/mol. The van der Waals surface area contributed by atoms with E-state index >= 15 is 0 Å². The SMILES string of the molecule is Cc1cncc(C(NN)c2c(F)cccc2Br)c1. The summed E-state index contributed by atoms with van der Waals surface area (Å²) in [4.78, 5) is 4.10. The van der Waals surface area contributed by atoms with Crippen LogP contribution in [0, 0.1) is 12.7 Å². The van der Waals surface area contributed by atoms with Crippen LogP contribution in [0.3, 0.4) is 0 Å². The fraction of sp³-hybridized carbons (Fsp3) is 0.154. The summed E-state index contributed by atoms with van der Waals surface area (Å²) >= 11 is 3.35. The minimum absolute atomic E-state index is 0.311. The van der Waals surface area contributed by atoms with E-state index < -0.39 is 6.04 Å². The maximum Gasteiger partial charge on any atom is 0.129 e. The molecule has 5 heteroatoms. The highest BCUT2D eigenvalue weighted by molar-refractivity contribution is 9.10. The van der Waals surface area contributed by atoms with Gasteiger partial charge in [0.25, 0.3) is 0 Å². The van der Waals surface area contributed by atoms with Crippen LogP contribution in [-0.4, -0.2) is 4.98 Å². The largest absolute Gasteiger partial charge is 0.271 e. The van der Waals surface area contributed by atoms with Gasteiger partial charge in [-0.15, -0.1) is 0 Å². The number of rotatable bonds is 3. The molecule has 0 aliphatic carbocycles. The Morgan fingerprint density at radius 2 is 2.17 bits per heavy atom. The van der Waals surface area contributed by atoms with Crippen molar-refractivity contribution in [2.75, 3.05) is 0 Å². The maximum atomic E-state index is 13.9. The number of pyridine rings is 1. The predicted molar refractivity (Wildman–Crippen MR) is 72.2 cm³/mol. The first-order chi connectivity index (χ1) is 8.63. The van der Waals surface area contributed by atoms with Gasteiger partial charge in [0.2, 0.25) is 0 Å². The van der Waals surface area contributed by atoms with Gasteiger partial charge < -0.3 is 0 Å². The van der Waals surface area contributed by atoms with Gasteiger partial charge in [0.15, 0.2) is 0 Å². The molecule has 94 valence electrons. The van der Waals surface area contributed by atoms with E-state index in [-0.39, 0.29) is 5.82 Å². The Morgan fingerprint density at radius 1 is 1.39 bits per heavy atom. The molecule has 0 aliphatic heterocycles. The number of aromatic nitrogens is 1. The number of benzene rings is 1. The highest BCUT2D eigenvalue weighted by Gasteiger charge is 2.19. The van der Waals surface area contributed by atoms with E-state index in [4.69, 9.17) is 5.84 Å². The van der Waals surface area contributed by atoms with Crippen LogP contribution in [0.4, 0.5) is 4.39 Å². The smallest absolute Gasteiger partial charge is 0.129 e. The zero-order chi connectivity index (χ0) is 13.1. The molecule has 0 bridgehead atoms. The highest BCUT2D eigenvalue weighted by Crippen LogP contribution is 2.30. The summed E-state index contributed by atoms with van der Waals surface area (Å²) in [5.74, 6) is 5.25. The molecule has 0 amide bonds. The number of aryl methyl sites for hydroxylation is 1. The molecule has 0 spiro atoms. The fourth-order valence-electron chi connectivity index (χ4n) is 1.87. The van der Waals surface area contributed by atoms with Crippen molar-refractivity contribution in [3.8, 4) is 0 Å². The van der Waals surface area contributed by atoms with Crippen LogP contribution in [-0.2, 0) is 0 Å². The van der Waals surface area contributed by atoms with Gasteiger partial charge in [-0.3, -0.25) is 10.8 Å². The summed E-state index contributed by atoms with van der Waals surface area (Å²) < 4.78 is 14.6. The average Bonchev–Trinajstić information content (AvgIpc) is 2.34. The summed E-state index contributed by atoms with van der Waals surface area (Å²) in [6.45, 7) is 1.93. The van der Waals surface area contributed by atoms with Gasteiger partial charge in [0, 0.05) is 22.4 Å². The van der Waals surface area contributed by atoms with Gasteiger partial charge in [-0.1, -0.05) is 28.1 Å². The van der Waals surface area contributed by atoms with Gasteiger partial charge in [-0.05, 0) is 30.2 Å². The van der Waals surface area contributed by atoms with Crippen molar-refractivity contribution in [3.63, 3.8) is 0 Å². The third-order valence-corrected chi connectivity index (χ3v) is 3.38. The minimum Gasteiger partial charge on any atom is -0.271 e. The molecule has 3 nitrogen and oxygen atoms in total. The molecule has 1 heterocycles. The van der Waals surface area contributed by atoms with Gasteiger partial charge >= 0.3 is 0 Å². The molecule has 0 saturated carbocycles. The Balaban J connectivity index is 2.52. The molecule has 1 atom stereocenters. The van der Waals surface area contributed by atoms with Crippen LogP contribution in [0.25, 0.3) is 0 Å². The quantitative estimate of drug-likeness (QED) is 0.677. The van der Waals surface area contributed by atoms with Crippen molar-refractivity contribution in [2.24, 2.45) is 5.84 Å². The van der Waals surface area contributed by atoms with Crippen LogP contribution in [0.2, 0.25) is 0 Å². The lowest BCUT2D eigenvalue weighted by molar-refractivity contribution is 0.557. The van der Waals surface area contributed by atoms with Crippen molar-refractivity contribution < 1.29 is 4.39 Å². The Hall–Kier alpha value is -1.30. The normalized spacial score (nSPS) is 12.4. The number of nitrogens with one attached hydrogen (secondary N) is 1. The second-order valence-corrected chi connectivity index (χ2v) is 4.88. The van der Waals surface area contributed by atoms with E-state index in [2.05, 4.69) is 26.3 Å². The summed E-state index contributed by atoms with van der Waals surface area (Å²) in [6.07, 6.45) is 3.42. The lowest BCUT2D eigenvalue weighted by Crippen LogP contribution is -2.30. The van der Waals surface area contributed by atoms with E-state index in [1.165, 1.54) is 6.07 Å². The van der Waals surface area contributed by atoms with Gasteiger partial charge in [0.05, 0.1) is 6.04 Å². The van der Waals surface area contributed by atoms with E-state index in [1.54, 1.807) is 24.5 Å². The van der Waals surface area contributed by atoms with Crippen molar-refractivity contribution in [1.29, 1.82) is 0 Å². The van der Waals surface area contributed by atoms with Crippen molar-refractivity contribution in [3.05, 3.63) is 63.6 Å². The summed E-state index contributed by atoms with van der Waals surface area (Å²) in [5.41, 5.74) is 4.94. The molecule has 0 aliphatic rings. The van der Waals surface area contributed by atoms with Crippen LogP contribution < -0.4 is 11.3 Å². The molecule has 0 radical (unpaired) electrons. The first-order valence-corrected chi connectivity index (χ1v) is 6.24. The summed E-state index contributed by atoms with van der Waals surface area (Å²) in [6, 6.07) is 6.33. The number of hydrogen-bond acceptors (Lipinski definition) is 3. The van der Waals surface area contributed by atoms with Crippen molar-refractivity contribution in [2.45, 2.75) is 13.0 Å². The van der Waals surface area contributed by atoms with Crippen LogP contribution >= 0.6 is 15.9 Å². The van der Waals surface area contributed by atoms with Gasteiger partial charge in [0.1, 0.15) is 5.82 Å². The number of nitrogens with zero attached hydrogens (tertiary/aromatic N) is 1. The zero-order valence-electron chi connectivity index (χ0n) is 9.82. The van der Waals surface area contributed by atoms with Gasteiger partial charge in [-0.2, -0.15) is 0 Å². The van der Waals surface area contributed by atoms with Crippen molar-refractivity contribution >= 4 is 15.9 Å². The second kappa shape index (κ2) is 5.56. The first-order valence-electron chi connectivity index (χ1n) is 5.45. The molecule has 3 N–H and O–H groups in total. The molecule has 18 heavy (non-hydrogen) atoms. The summed E-state index contributed by atoms with van der Waals surface area (Å²) in [5, 5.41) is 0. The van der Waals surface area contributed by atoms with E-state index in [1.807, 2.05) is 13.0 Å². The summed E-state index contributed by atoms with van der Waals surface area (Å²) in [7, 11) is 0. The maximum absolute atomic E-state index is 13.9. The fourth-order valence-corrected chi connectivity index (χ4v) is 2.44. The Morgan fingerprint density at radius 3 is 2.78 bits per heavy atom. The Labute approximate surface area is 113 Å². The topological polar surface area (TPSA) is 50.9 Å². The van der Waals surface area contributed by atoms with Crippen LogP contribution in [0.5, 0.6) is 0 Å². The predicted octanol–water partition coefficient (Wildman–Crippen LogP) is 2.84. The van der Waals surface area contributed by atoms with Gasteiger partial charge in [-0.25, -0.2) is 9.82 Å². The van der Waals surface area contributed by atoms with Crippen LogP contribution in [0.15, 0.2) is 41.1 Å². The molecular formula is C13H13BrFN3. The number of hydrazine groups is 1. The van der Waals surface area contributed by atoms with Crippen molar-refractivity contribution in [1.82, 2.24) is 10.4 Å². The monoisotopic (exact) mass is 309 g/mol. The molecular weight excluding hydrogens is 297 g/mol. The highest BCUT2D eigenvalue weighted by atomic mass is 79.9. The van der Waals surface area contributed by atoms with E-state index in [0.29, 0.717) is 10.0 Å². The third kappa shape index (κ3) is 2.58. The molecule has 1 unspecified atom stereocenters. The minimum atomic E-state index is -0.437. The standard InChI is InChI=1S/C13H13BrFN3/c1-8-5-9(7-17-6-8)13(18-16)12-10(14)3-2-4-11(12)15/h2-7,13,18H,16H2,1H3. The number of halogens is 2. The first kappa shape index (κ1) is 13.1. The molecule has 1 aromatic heterocycles. The molecule has 1 aromatic carbocycles. The molecule has 2 aromatic rings. The molecule has 2 rings (SSSR count). The Bertz CT molecular complexity index is 539. The number of nitrogens with two attached hydrogens (primary N) is 1. The molecule has 0 saturated heterocycles. The Kier molecular flexibility index (Phi) is 4.06. The van der Waals surface area contributed by atoms with Crippen LogP contribution in [0.1, 0.15) is 22.7 Å². The second-order valence-electron chi connectivity index (χ2n) is 4.03. The van der Waals surface area contributed by atoms with E-state index in [9.17, 15) is 4.39 Å². The zero-order valence-corrected chi connectivity index (χ0v) is 11.4. The lowest BCUT2D eigenvalue weighted by Gasteiger charge is -2.19. The third-order valence-electron chi connectivity index (χ3n) is 2.68. The number of hydrogen-bond donors (Lipinski definition) is 2.